The van der Waals surface area contributed by atoms with E-state index in [1.54, 1.807) is 53.7 Å². The van der Waals surface area contributed by atoms with E-state index < -0.39 is 63.3 Å². The fourth-order valence-corrected chi connectivity index (χ4v) is 5.24. The van der Waals surface area contributed by atoms with Gasteiger partial charge in [-0.25, -0.2) is 14.4 Å². The maximum Gasteiger partial charge on any atom is 0.509 e. The summed E-state index contributed by atoms with van der Waals surface area (Å²) < 4.78 is 59.3. The second-order valence-electron chi connectivity index (χ2n) is 12.7. The van der Waals surface area contributed by atoms with Crippen molar-refractivity contribution in [2.24, 2.45) is 0 Å². The molecule has 1 aromatic heterocycles. The van der Waals surface area contributed by atoms with E-state index in [1.165, 1.54) is 29.8 Å². The second-order valence-corrected chi connectivity index (χ2v) is 14.3. The Hall–Kier alpha value is -3.69. The standard InChI is InChI=1S/C30H42N2O12S/c1-19-10-12-21(13-11-19)45(37,38)40-15-9-14-31-25(33)20(2)17-32(26(31)34)24-16-22(42-28(36)44-30(6,7)8)23(41-24)18-39-27(35)43-29(3,4)5/h10-13,17,22-24H,9,14-16,18H2,1-8H3/t22?,23-,24?/m1/s1. The number of aromatic nitrogens is 2. The van der Waals surface area contributed by atoms with Crippen molar-refractivity contribution < 1.29 is 45.9 Å². The first-order chi connectivity index (χ1) is 20.8. The van der Waals surface area contributed by atoms with Crippen LogP contribution in [0.2, 0.25) is 0 Å². The highest BCUT2D eigenvalue weighted by Gasteiger charge is 2.41. The van der Waals surface area contributed by atoms with E-state index in [9.17, 15) is 27.6 Å². The number of carbonyl (C=O) groups excluding carboxylic acids is 2. The molecule has 1 fully saturated rings. The molecule has 45 heavy (non-hydrogen) atoms. The first-order valence-electron chi connectivity index (χ1n) is 14.5. The van der Waals surface area contributed by atoms with Crippen molar-refractivity contribution in [1.82, 2.24) is 9.13 Å². The molecule has 1 aliphatic rings. The van der Waals surface area contributed by atoms with Crippen LogP contribution < -0.4 is 11.2 Å². The van der Waals surface area contributed by atoms with Crippen molar-refractivity contribution in [1.29, 1.82) is 0 Å². The van der Waals surface area contributed by atoms with Gasteiger partial charge < -0.3 is 23.7 Å². The maximum absolute atomic E-state index is 13.5. The molecule has 2 aromatic rings. The third kappa shape index (κ3) is 10.4. The average molecular weight is 655 g/mol. The highest BCUT2D eigenvalue weighted by molar-refractivity contribution is 7.86. The minimum absolute atomic E-state index is 0.00471. The smallest absolute Gasteiger partial charge is 0.431 e. The molecule has 250 valence electrons. The van der Waals surface area contributed by atoms with Crippen molar-refractivity contribution in [3.8, 4) is 0 Å². The van der Waals surface area contributed by atoms with Crippen molar-refractivity contribution in [2.45, 2.75) is 109 Å². The number of hydrogen-bond acceptors (Lipinski definition) is 12. The minimum atomic E-state index is -4.02. The third-order valence-corrected chi connectivity index (χ3v) is 7.65. The van der Waals surface area contributed by atoms with Crippen LogP contribution >= 0.6 is 0 Å². The molecule has 14 nitrogen and oxygen atoms in total. The molecule has 3 rings (SSSR count). The zero-order valence-electron chi connectivity index (χ0n) is 26.9. The molecule has 2 heterocycles. The summed E-state index contributed by atoms with van der Waals surface area (Å²) in [6, 6.07) is 6.16. The van der Waals surface area contributed by atoms with Gasteiger partial charge >= 0.3 is 18.0 Å². The zero-order chi connectivity index (χ0) is 33.7. The molecule has 15 heteroatoms. The van der Waals surface area contributed by atoms with Crippen LogP contribution in [0.1, 0.15) is 71.7 Å². The molecule has 0 radical (unpaired) electrons. The van der Waals surface area contributed by atoms with Gasteiger partial charge in [-0.15, -0.1) is 0 Å². The molecule has 3 atom stereocenters. The summed E-state index contributed by atoms with van der Waals surface area (Å²) in [5, 5.41) is 0. The van der Waals surface area contributed by atoms with Gasteiger partial charge in [-0.3, -0.25) is 18.1 Å². The number of hydrogen-bond donors (Lipinski definition) is 0. The SMILES string of the molecule is Cc1ccc(S(=O)(=O)OCCCn2c(=O)c(C)cn(C3CC(OC(=O)OC(C)(C)C)[C@@H](COC(=O)OC(C)(C)C)O3)c2=O)cc1. The normalized spacial score (nSPS) is 18.8. The fraction of sp³-hybridized carbons (Fsp3) is 0.600. The Morgan fingerprint density at radius 1 is 0.956 bits per heavy atom. The lowest BCUT2D eigenvalue weighted by Gasteiger charge is -2.23. The van der Waals surface area contributed by atoms with Crippen molar-refractivity contribution in [3.63, 3.8) is 0 Å². The summed E-state index contributed by atoms with van der Waals surface area (Å²) in [5.41, 5.74) is -1.85. The number of benzene rings is 1. The summed E-state index contributed by atoms with van der Waals surface area (Å²) in [7, 11) is -4.02. The molecule has 0 amide bonds. The predicted molar refractivity (Wildman–Crippen MR) is 160 cm³/mol. The number of carbonyl (C=O) groups is 2. The summed E-state index contributed by atoms with van der Waals surface area (Å²) in [4.78, 5) is 51.0. The average Bonchev–Trinajstić information content (AvgIpc) is 3.29. The Balaban J connectivity index is 1.77. The van der Waals surface area contributed by atoms with Crippen LogP contribution in [-0.4, -0.2) is 66.5 Å². The maximum atomic E-state index is 13.5. The number of rotatable bonds is 10. The molecular formula is C30H42N2O12S. The zero-order valence-corrected chi connectivity index (χ0v) is 27.7. The first kappa shape index (κ1) is 35.8. The third-order valence-electron chi connectivity index (χ3n) is 6.32. The molecule has 1 aliphatic heterocycles. The summed E-state index contributed by atoms with van der Waals surface area (Å²) in [6.07, 6.45) is -3.61. The molecule has 0 bridgehead atoms. The quantitative estimate of drug-likeness (QED) is 0.206. The van der Waals surface area contributed by atoms with Gasteiger partial charge in [0.05, 0.1) is 11.5 Å². The van der Waals surface area contributed by atoms with Crippen LogP contribution in [0.3, 0.4) is 0 Å². The number of ether oxygens (including phenoxy) is 5. The Morgan fingerprint density at radius 2 is 1.56 bits per heavy atom. The first-order valence-corrected chi connectivity index (χ1v) is 15.9. The van der Waals surface area contributed by atoms with Crippen LogP contribution in [-0.2, 0) is 44.5 Å². The van der Waals surface area contributed by atoms with Crippen molar-refractivity contribution in [2.75, 3.05) is 13.2 Å². The number of aryl methyl sites for hydroxylation is 2. The highest BCUT2D eigenvalue weighted by atomic mass is 32.2. The Bertz CT molecular complexity index is 1580. The van der Waals surface area contributed by atoms with E-state index in [-0.39, 0.29) is 43.1 Å². The van der Waals surface area contributed by atoms with Crippen LogP contribution in [0.4, 0.5) is 9.59 Å². The largest absolute Gasteiger partial charge is 0.509 e. The van der Waals surface area contributed by atoms with Crippen LogP contribution in [0.25, 0.3) is 0 Å². The van der Waals surface area contributed by atoms with Crippen LogP contribution in [0.5, 0.6) is 0 Å². The van der Waals surface area contributed by atoms with E-state index in [2.05, 4.69) is 0 Å². The van der Waals surface area contributed by atoms with Crippen molar-refractivity contribution in [3.05, 3.63) is 62.4 Å². The van der Waals surface area contributed by atoms with E-state index in [0.29, 0.717) is 0 Å². The van der Waals surface area contributed by atoms with Crippen LogP contribution in [0, 0.1) is 13.8 Å². The molecule has 1 saturated heterocycles. The highest BCUT2D eigenvalue weighted by Crippen LogP contribution is 2.31. The predicted octanol–water partition coefficient (Wildman–Crippen LogP) is 3.98. The van der Waals surface area contributed by atoms with Gasteiger partial charge in [0.15, 0.2) is 0 Å². The van der Waals surface area contributed by atoms with Gasteiger partial charge in [-0.2, -0.15) is 8.42 Å². The van der Waals surface area contributed by atoms with Gasteiger partial charge in [0.1, 0.15) is 36.2 Å². The van der Waals surface area contributed by atoms with Crippen molar-refractivity contribution >= 4 is 22.4 Å². The monoisotopic (exact) mass is 654 g/mol. The topological polar surface area (TPSA) is 168 Å². The lowest BCUT2D eigenvalue weighted by molar-refractivity contribution is -0.0824. The Labute approximate surface area is 262 Å². The lowest BCUT2D eigenvalue weighted by atomic mass is 10.2. The molecular weight excluding hydrogens is 612 g/mol. The van der Waals surface area contributed by atoms with E-state index in [1.807, 2.05) is 6.92 Å². The lowest BCUT2D eigenvalue weighted by Crippen LogP contribution is -2.42. The van der Waals surface area contributed by atoms with Crippen LogP contribution in [0.15, 0.2) is 44.9 Å². The molecule has 0 spiro atoms. The molecule has 0 aliphatic carbocycles. The molecule has 1 aromatic carbocycles. The Kier molecular flexibility index (Phi) is 11.3. The molecule has 0 saturated carbocycles. The minimum Gasteiger partial charge on any atom is -0.431 e. The van der Waals surface area contributed by atoms with Gasteiger partial charge in [0.25, 0.3) is 15.7 Å². The van der Waals surface area contributed by atoms with E-state index >= 15 is 0 Å². The van der Waals surface area contributed by atoms with E-state index in [0.717, 1.165) is 10.1 Å². The van der Waals surface area contributed by atoms with Gasteiger partial charge in [-0.05, 0) is 73.9 Å². The van der Waals surface area contributed by atoms with Gasteiger partial charge in [0.2, 0.25) is 0 Å². The summed E-state index contributed by atoms with van der Waals surface area (Å²) in [6.45, 7) is 12.6. The molecule has 0 N–H and O–H groups in total. The van der Waals surface area contributed by atoms with E-state index in [4.69, 9.17) is 27.9 Å². The number of nitrogens with zero attached hydrogens (tertiary/aromatic N) is 2. The summed E-state index contributed by atoms with van der Waals surface area (Å²) >= 11 is 0. The second kappa shape index (κ2) is 14.2. The van der Waals surface area contributed by atoms with Gasteiger partial charge in [0, 0.05) is 24.7 Å². The van der Waals surface area contributed by atoms with Gasteiger partial charge in [-0.1, -0.05) is 17.7 Å². The summed E-state index contributed by atoms with van der Waals surface area (Å²) in [5.74, 6) is 0. The Morgan fingerprint density at radius 3 is 2.16 bits per heavy atom. The fourth-order valence-electron chi connectivity index (χ4n) is 4.30. The molecule has 2 unspecified atom stereocenters.